The predicted molar refractivity (Wildman–Crippen MR) is 107 cm³/mol. The number of hydrogen-bond acceptors (Lipinski definition) is 3. The van der Waals surface area contributed by atoms with Crippen LogP contribution in [0, 0.1) is 6.92 Å². The smallest absolute Gasteiger partial charge is 0.233 e. The third-order valence-corrected chi connectivity index (χ3v) is 7.19. The summed E-state index contributed by atoms with van der Waals surface area (Å²) in [6.07, 6.45) is 6.78. The second-order valence-corrected chi connectivity index (χ2v) is 8.86. The molecule has 138 valence electrons. The fourth-order valence-corrected chi connectivity index (χ4v) is 5.22. The average Bonchev–Trinajstić information content (AvgIpc) is 2.64. The van der Waals surface area contributed by atoms with Crippen molar-refractivity contribution in [3.8, 4) is 0 Å². The number of amides is 1. The molecule has 1 heterocycles. The van der Waals surface area contributed by atoms with Crippen LogP contribution in [0.5, 0.6) is 0 Å². The monoisotopic (exact) mass is 400 g/mol. The number of hydrogen-bond donors (Lipinski definition) is 0. The number of nitrogens with zero attached hydrogens (tertiary/aromatic N) is 2. The summed E-state index contributed by atoms with van der Waals surface area (Å²) in [5.41, 5.74) is 0.988. The highest BCUT2D eigenvalue weighted by molar-refractivity contribution is 8.00. The molecule has 1 saturated carbocycles. The van der Waals surface area contributed by atoms with Crippen molar-refractivity contribution in [2.75, 3.05) is 31.9 Å². The molecule has 2 aliphatic rings. The molecule has 3 rings (SSSR count). The number of aryl methyl sites for hydroxylation is 1. The minimum atomic E-state index is 0.206. The van der Waals surface area contributed by atoms with Crippen molar-refractivity contribution in [2.24, 2.45) is 0 Å². The lowest BCUT2D eigenvalue weighted by molar-refractivity contribution is -0.130. The second kappa shape index (κ2) is 8.98. The lowest BCUT2D eigenvalue weighted by atomic mass is 9.94. The van der Waals surface area contributed by atoms with E-state index < -0.39 is 0 Å². The van der Waals surface area contributed by atoms with Crippen LogP contribution < -0.4 is 0 Å². The van der Waals surface area contributed by atoms with Gasteiger partial charge in [0.05, 0.1) is 10.8 Å². The summed E-state index contributed by atoms with van der Waals surface area (Å²) in [5, 5.41) is 1.29. The molecular formula is C19H26Cl2N2OS. The van der Waals surface area contributed by atoms with E-state index in [4.69, 9.17) is 23.2 Å². The van der Waals surface area contributed by atoms with Crippen LogP contribution in [0.1, 0.15) is 37.7 Å². The number of piperazine rings is 1. The molecule has 0 atom stereocenters. The van der Waals surface area contributed by atoms with Gasteiger partial charge in [0.15, 0.2) is 0 Å². The Hall–Kier alpha value is -0.420. The van der Waals surface area contributed by atoms with Gasteiger partial charge in [0.2, 0.25) is 5.91 Å². The molecule has 0 N–H and O–H groups in total. The lowest BCUT2D eigenvalue weighted by Gasteiger charge is -2.40. The summed E-state index contributed by atoms with van der Waals surface area (Å²) in [5.74, 6) is 0.640. The van der Waals surface area contributed by atoms with Crippen molar-refractivity contribution in [3.63, 3.8) is 0 Å². The van der Waals surface area contributed by atoms with Gasteiger partial charge >= 0.3 is 0 Å². The van der Waals surface area contributed by atoms with E-state index in [1.54, 1.807) is 6.07 Å². The zero-order valence-corrected chi connectivity index (χ0v) is 17.1. The Morgan fingerprint density at radius 2 is 1.76 bits per heavy atom. The van der Waals surface area contributed by atoms with E-state index in [0.29, 0.717) is 15.8 Å². The first-order chi connectivity index (χ1) is 12.0. The van der Waals surface area contributed by atoms with E-state index in [0.717, 1.165) is 42.7 Å². The Morgan fingerprint density at radius 3 is 2.44 bits per heavy atom. The standard InChI is InChI=1S/C19H26Cl2N2OS/c1-14-11-18(17(21)12-16(14)20)25-13-19(24)23-9-7-22(8-10-23)15-5-3-2-4-6-15/h11-12,15H,2-10,13H2,1H3. The number of carbonyl (C=O) groups excluding carboxylic acids is 1. The van der Waals surface area contributed by atoms with Crippen molar-refractivity contribution in [1.82, 2.24) is 9.80 Å². The Kier molecular flexibility index (Phi) is 6.95. The maximum absolute atomic E-state index is 12.5. The van der Waals surface area contributed by atoms with Crippen LogP contribution >= 0.6 is 35.0 Å². The molecule has 6 heteroatoms. The highest BCUT2D eigenvalue weighted by Crippen LogP contribution is 2.32. The molecule has 0 unspecified atom stereocenters. The first-order valence-corrected chi connectivity index (χ1v) is 10.9. The molecule has 0 spiro atoms. The van der Waals surface area contributed by atoms with E-state index in [9.17, 15) is 4.79 Å². The zero-order valence-electron chi connectivity index (χ0n) is 14.8. The normalized spacial score (nSPS) is 20.0. The van der Waals surface area contributed by atoms with Gasteiger partial charge in [-0.3, -0.25) is 9.69 Å². The van der Waals surface area contributed by atoms with E-state index >= 15 is 0 Å². The molecular weight excluding hydrogens is 375 g/mol. The first-order valence-electron chi connectivity index (χ1n) is 9.15. The number of halogens is 2. The highest BCUT2D eigenvalue weighted by Gasteiger charge is 2.27. The molecule has 1 aliphatic carbocycles. The largest absolute Gasteiger partial charge is 0.339 e. The number of rotatable bonds is 4. The second-order valence-electron chi connectivity index (χ2n) is 7.03. The molecule has 0 aromatic heterocycles. The molecule has 0 bridgehead atoms. The van der Waals surface area contributed by atoms with Crippen LogP contribution in [0.25, 0.3) is 0 Å². The fourth-order valence-electron chi connectivity index (χ4n) is 3.75. The third kappa shape index (κ3) is 5.06. The SMILES string of the molecule is Cc1cc(SCC(=O)N2CCN(C3CCCCC3)CC2)c(Cl)cc1Cl. The lowest BCUT2D eigenvalue weighted by Crippen LogP contribution is -2.52. The number of thioether (sulfide) groups is 1. The maximum Gasteiger partial charge on any atom is 0.233 e. The average molecular weight is 401 g/mol. The Labute approximate surface area is 165 Å². The zero-order chi connectivity index (χ0) is 17.8. The van der Waals surface area contributed by atoms with Gasteiger partial charge < -0.3 is 4.90 Å². The maximum atomic E-state index is 12.5. The van der Waals surface area contributed by atoms with E-state index in [1.165, 1.54) is 43.9 Å². The van der Waals surface area contributed by atoms with Crippen LogP contribution in [0.3, 0.4) is 0 Å². The third-order valence-electron chi connectivity index (χ3n) is 5.32. The van der Waals surface area contributed by atoms with Crippen LogP contribution in [0.2, 0.25) is 10.0 Å². The van der Waals surface area contributed by atoms with E-state index in [1.807, 2.05) is 17.9 Å². The van der Waals surface area contributed by atoms with Crippen molar-refractivity contribution in [3.05, 3.63) is 27.7 Å². The molecule has 3 nitrogen and oxygen atoms in total. The van der Waals surface area contributed by atoms with Crippen molar-refractivity contribution in [2.45, 2.75) is 50.0 Å². The fraction of sp³-hybridized carbons (Fsp3) is 0.632. The van der Waals surface area contributed by atoms with Gasteiger partial charge in [-0.05, 0) is 37.5 Å². The summed E-state index contributed by atoms with van der Waals surface area (Å²) in [7, 11) is 0. The molecule has 1 aromatic rings. The number of carbonyl (C=O) groups is 1. The van der Waals surface area contributed by atoms with Gasteiger partial charge in [-0.15, -0.1) is 11.8 Å². The van der Waals surface area contributed by atoms with Crippen LogP contribution in [0.4, 0.5) is 0 Å². The van der Waals surface area contributed by atoms with Crippen LogP contribution in [0.15, 0.2) is 17.0 Å². The van der Waals surface area contributed by atoms with E-state index in [2.05, 4.69) is 4.90 Å². The summed E-state index contributed by atoms with van der Waals surface area (Å²) in [4.78, 5) is 18.1. The molecule has 1 saturated heterocycles. The van der Waals surface area contributed by atoms with Gasteiger partial charge in [-0.1, -0.05) is 42.5 Å². The van der Waals surface area contributed by atoms with Crippen molar-refractivity contribution < 1.29 is 4.79 Å². The molecule has 25 heavy (non-hydrogen) atoms. The van der Waals surface area contributed by atoms with Gasteiger partial charge in [0, 0.05) is 42.1 Å². The van der Waals surface area contributed by atoms with Gasteiger partial charge in [-0.2, -0.15) is 0 Å². The summed E-state index contributed by atoms with van der Waals surface area (Å²) in [6.45, 7) is 5.69. The Balaban J connectivity index is 1.47. The molecule has 1 aromatic carbocycles. The quantitative estimate of drug-likeness (QED) is 0.673. The van der Waals surface area contributed by atoms with Gasteiger partial charge in [-0.25, -0.2) is 0 Å². The molecule has 0 radical (unpaired) electrons. The topological polar surface area (TPSA) is 23.6 Å². The Bertz CT molecular complexity index is 612. The Morgan fingerprint density at radius 1 is 1.08 bits per heavy atom. The highest BCUT2D eigenvalue weighted by atomic mass is 35.5. The molecule has 2 fully saturated rings. The summed E-state index contributed by atoms with van der Waals surface area (Å²) >= 11 is 13.8. The minimum Gasteiger partial charge on any atom is -0.339 e. The summed E-state index contributed by atoms with van der Waals surface area (Å²) in [6, 6.07) is 4.47. The van der Waals surface area contributed by atoms with Gasteiger partial charge in [0.1, 0.15) is 0 Å². The summed E-state index contributed by atoms with van der Waals surface area (Å²) < 4.78 is 0. The molecule has 1 amide bonds. The van der Waals surface area contributed by atoms with Crippen LogP contribution in [-0.4, -0.2) is 53.7 Å². The van der Waals surface area contributed by atoms with Crippen molar-refractivity contribution >= 4 is 40.9 Å². The first kappa shape index (κ1) is 19.3. The van der Waals surface area contributed by atoms with E-state index in [-0.39, 0.29) is 5.91 Å². The molecule has 1 aliphatic heterocycles. The van der Waals surface area contributed by atoms with Gasteiger partial charge in [0.25, 0.3) is 0 Å². The predicted octanol–water partition coefficient (Wildman–Crippen LogP) is 4.87. The van der Waals surface area contributed by atoms with Crippen LogP contribution in [-0.2, 0) is 4.79 Å². The van der Waals surface area contributed by atoms with Crippen molar-refractivity contribution in [1.29, 1.82) is 0 Å². The number of benzene rings is 1. The minimum absolute atomic E-state index is 0.206.